The van der Waals surface area contributed by atoms with E-state index in [0.29, 0.717) is 16.7 Å². The van der Waals surface area contributed by atoms with Crippen molar-refractivity contribution in [2.45, 2.75) is 12.1 Å². The van der Waals surface area contributed by atoms with Gasteiger partial charge in [-0.15, -0.1) is 0 Å². The first kappa shape index (κ1) is 14.3. The molecule has 112 valence electrons. The van der Waals surface area contributed by atoms with Gasteiger partial charge >= 0.3 is 0 Å². The molecule has 0 radical (unpaired) electrons. The van der Waals surface area contributed by atoms with Crippen LogP contribution < -0.4 is 5.32 Å². The monoisotopic (exact) mass is 315 g/mol. The molecule has 1 amide bonds. The van der Waals surface area contributed by atoms with Gasteiger partial charge in [0.1, 0.15) is 12.1 Å². The third-order valence-electron chi connectivity index (χ3n) is 2.75. The zero-order valence-electron chi connectivity index (χ0n) is 11.8. The summed E-state index contributed by atoms with van der Waals surface area (Å²) in [6.45, 7) is 1.76. The third kappa shape index (κ3) is 3.34. The fourth-order valence-electron chi connectivity index (χ4n) is 1.81. The normalized spacial score (nSPS) is 10.6. The van der Waals surface area contributed by atoms with Crippen LogP contribution in [0.15, 0.2) is 52.4 Å². The molecule has 2 heterocycles. The molecule has 3 rings (SSSR count). The lowest BCUT2D eigenvalue weighted by Gasteiger charge is -2.05. The van der Waals surface area contributed by atoms with Gasteiger partial charge in [-0.1, -0.05) is 35.1 Å². The molecule has 2 aromatic heterocycles. The van der Waals surface area contributed by atoms with Crippen LogP contribution in [0.5, 0.6) is 0 Å². The summed E-state index contributed by atoms with van der Waals surface area (Å²) in [6, 6.07) is 11.3. The van der Waals surface area contributed by atoms with Crippen LogP contribution in [0.1, 0.15) is 5.76 Å². The van der Waals surface area contributed by atoms with Crippen LogP contribution in [-0.4, -0.2) is 31.6 Å². The second kappa shape index (κ2) is 6.44. The van der Waals surface area contributed by atoms with E-state index < -0.39 is 0 Å². The number of amides is 1. The van der Waals surface area contributed by atoms with E-state index in [4.69, 9.17) is 4.52 Å². The van der Waals surface area contributed by atoms with Crippen molar-refractivity contribution in [1.29, 1.82) is 0 Å². The highest BCUT2D eigenvalue weighted by atomic mass is 32.2. The molecule has 0 bridgehead atoms. The maximum absolute atomic E-state index is 11.9. The Labute approximate surface area is 130 Å². The molecule has 3 aromatic rings. The van der Waals surface area contributed by atoms with Crippen molar-refractivity contribution in [2.75, 3.05) is 11.1 Å². The first-order valence-corrected chi connectivity index (χ1v) is 7.52. The molecule has 0 atom stereocenters. The first-order chi connectivity index (χ1) is 10.7. The molecule has 1 aromatic carbocycles. The summed E-state index contributed by atoms with van der Waals surface area (Å²) in [5.74, 6) is 1.08. The lowest BCUT2D eigenvalue weighted by Crippen LogP contribution is -2.14. The summed E-state index contributed by atoms with van der Waals surface area (Å²) in [7, 11) is 0. The number of hydrogen-bond acceptors (Lipinski definition) is 6. The van der Waals surface area contributed by atoms with Gasteiger partial charge < -0.3 is 9.84 Å². The van der Waals surface area contributed by atoms with Gasteiger partial charge in [0, 0.05) is 6.07 Å². The number of carbonyl (C=O) groups is 1. The number of aryl methyl sites for hydroxylation is 1. The van der Waals surface area contributed by atoms with E-state index in [9.17, 15) is 4.79 Å². The Morgan fingerprint density at radius 1 is 1.36 bits per heavy atom. The fraction of sp³-hybridized carbons (Fsp3) is 0.143. The Morgan fingerprint density at radius 3 is 2.91 bits per heavy atom. The molecular weight excluding hydrogens is 302 g/mol. The smallest absolute Gasteiger partial charge is 0.236 e. The lowest BCUT2D eigenvalue weighted by molar-refractivity contribution is -0.113. The van der Waals surface area contributed by atoms with Gasteiger partial charge in [0.25, 0.3) is 0 Å². The van der Waals surface area contributed by atoms with E-state index in [-0.39, 0.29) is 11.7 Å². The van der Waals surface area contributed by atoms with Gasteiger partial charge in [0.2, 0.25) is 5.91 Å². The van der Waals surface area contributed by atoms with Gasteiger partial charge in [0.15, 0.2) is 11.0 Å². The zero-order chi connectivity index (χ0) is 15.4. The number of anilines is 1. The minimum atomic E-state index is -0.180. The highest BCUT2D eigenvalue weighted by Gasteiger charge is 2.11. The van der Waals surface area contributed by atoms with Crippen LogP contribution in [-0.2, 0) is 4.79 Å². The summed E-state index contributed by atoms with van der Waals surface area (Å²) in [5, 5.41) is 11.2. The maximum Gasteiger partial charge on any atom is 0.236 e. The molecule has 8 heteroatoms. The van der Waals surface area contributed by atoms with Crippen LogP contribution in [0, 0.1) is 6.92 Å². The Morgan fingerprint density at radius 2 is 2.18 bits per heavy atom. The number of benzene rings is 1. The van der Waals surface area contributed by atoms with Crippen molar-refractivity contribution in [2.24, 2.45) is 0 Å². The molecule has 0 fully saturated rings. The molecular formula is C14H13N5O2S. The molecule has 0 saturated heterocycles. The molecule has 0 unspecified atom stereocenters. The van der Waals surface area contributed by atoms with Gasteiger partial charge in [-0.25, -0.2) is 9.67 Å². The number of hydrogen-bond donors (Lipinski definition) is 1. The van der Waals surface area contributed by atoms with E-state index in [2.05, 4.69) is 20.6 Å². The van der Waals surface area contributed by atoms with E-state index in [1.807, 2.05) is 30.3 Å². The highest BCUT2D eigenvalue weighted by molar-refractivity contribution is 7.99. The molecule has 0 aliphatic rings. The molecule has 7 nitrogen and oxygen atoms in total. The average Bonchev–Trinajstić information content (AvgIpc) is 3.15. The molecule has 0 aliphatic heterocycles. The summed E-state index contributed by atoms with van der Waals surface area (Å²) >= 11 is 1.30. The second-order valence-corrected chi connectivity index (χ2v) is 5.39. The topological polar surface area (TPSA) is 85.8 Å². The Balaban J connectivity index is 1.63. The molecule has 0 aliphatic carbocycles. The standard InChI is InChI=1S/C14H13N5O2S/c1-10-7-12(18-21-10)17-13(20)8-22-14-15-9-16-19(14)11-5-3-2-4-6-11/h2-7,9H,8H2,1H3,(H,17,18,20). The van der Waals surface area contributed by atoms with E-state index >= 15 is 0 Å². The van der Waals surface area contributed by atoms with Crippen molar-refractivity contribution in [3.8, 4) is 5.69 Å². The van der Waals surface area contributed by atoms with Crippen LogP contribution in [0.25, 0.3) is 5.69 Å². The van der Waals surface area contributed by atoms with Crippen LogP contribution in [0.2, 0.25) is 0 Å². The molecule has 0 spiro atoms. The second-order valence-electron chi connectivity index (χ2n) is 4.45. The Kier molecular flexibility index (Phi) is 4.19. The fourth-order valence-corrected chi connectivity index (χ4v) is 2.54. The predicted octanol–water partition coefficient (Wildman–Crippen LogP) is 2.29. The van der Waals surface area contributed by atoms with E-state index in [0.717, 1.165) is 5.69 Å². The van der Waals surface area contributed by atoms with E-state index in [1.165, 1.54) is 18.1 Å². The lowest BCUT2D eigenvalue weighted by atomic mass is 10.3. The summed E-state index contributed by atoms with van der Waals surface area (Å²) in [6.07, 6.45) is 1.47. The number of aromatic nitrogens is 4. The van der Waals surface area contributed by atoms with Crippen molar-refractivity contribution in [1.82, 2.24) is 19.9 Å². The minimum absolute atomic E-state index is 0.180. The number of para-hydroxylation sites is 1. The van der Waals surface area contributed by atoms with Crippen molar-refractivity contribution in [3.63, 3.8) is 0 Å². The zero-order valence-corrected chi connectivity index (χ0v) is 12.6. The molecule has 22 heavy (non-hydrogen) atoms. The van der Waals surface area contributed by atoms with Gasteiger partial charge in [-0.05, 0) is 19.1 Å². The number of carbonyl (C=O) groups excluding carboxylic acids is 1. The van der Waals surface area contributed by atoms with Crippen LogP contribution >= 0.6 is 11.8 Å². The third-order valence-corrected chi connectivity index (χ3v) is 3.69. The van der Waals surface area contributed by atoms with Gasteiger partial charge in [0.05, 0.1) is 11.4 Å². The molecule has 1 N–H and O–H groups in total. The number of nitrogens with one attached hydrogen (secondary N) is 1. The van der Waals surface area contributed by atoms with Crippen molar-refractivity contribution in [3.05, 3.63) is 48.5 Å². The number of thioether (sulfide) groups is 1. The average molecular weight is 315 g/mol. The number of nitrogens with zero attached hydrogens (tertiary/aromatic N) is 4. The van der Waals surface area contributed by atoms with Gasteiger partial charge in [-0.3, -0.25) is 4.79 Å². The number of rotatable bonds is 5. The first-order valence-electron chi connectivity index (χ1n) is 6.54. The Hall–Kier alpha value is -2.61. The summed E-state index contributed by atoms with van der Waals surface area (Å²) in [5.41, 5.74) is 0.898. The molecule has 0 saturated carbocycles. The van der Waals surface area contributed by atoms with Gasteiger partial charge in [-0.2, -0.15) is 5.10 Å². The summed E-state index contributed by atoms with van der Waals surface area (Å²) < 4.78 is 6.59. The maximum atomic E-state index is 11.9. The van der Waals surface area contributed by atoms with Crippen molar-refractivity contribution < 1.29 is 9.32 Å². The highest BCUT2D eigenvalue weighted by Crippen LogP contribution is 2.19. The predicted molar refractivity (Wildman–Crippen MR) is 82.0 cm³/mol. The van der Waals surface area contributed by atoms with Crippen molar-refractivity contribution >= 4 is 23.5 Å². The summed E-state index contributed by atoms with van der Waals surface area (Å²) in [4.78, 5) is 16.1. The largest absolute Gasteiger partial charge is 0.360 e. The minimum Gasteiger partial charge on any atom is -0.360 e. The Bertz CT molecular complexity index is 768. The SMILES string of the molecule is Cc1cc(NC(=O)CSc2ncnn2-c2ccccc2)no1. The van der Waals surface area contributed by atoms with E-state index in [1.54, 1.807) is 17.7 Å². The van der Waals surface area contributed by atoms with Crippen LogP contribution in [0.3, 0.4) is 0 Å². The van der Waals surface area contributed by atoms with Crippen LogP contribution in [0.4, 0.5) is 5.82 Å². The quantitative estimate of drug-likeness (QED) is 0.727.